The van der Waals surface area contributed by atoms with Gasteiger partial charge in [0, 0.05) is 19.5 Å². The number of nitrogens with zero attached hydrogens (tertiary/aromatic N) is 1. The summed E-state index contributed by atoms with van der Waals surface area (Å²) >= 11 is 0. The van der Waals surface area contributed by atoms with Crippen molar-refractivity contribution < 1.29 is 23.9 Å². The van der Waals surface area contributed by atoms with Crippen LogP contribution in [-0.2, 0) is 25.7 Å². The largest absolute Gasteiger partial charge is 0.467 e. The van der Waals surface area contributed by atoms with Gasteiger partial charge in [0.05, 0.1) is 7.11 Å². The number of esters is 1. The van der Waals surface area contributed by atoms with Crippen molar-refractivity contribution in [3.8, 4) is 0 Å². The van der Waals surface area contributed by atoms with Gasteiger partial charge in [-0.2, -0.15) is 0 Å². The van der Waals surface area contributed by atoms with E-state index in [2.05, 4.69) is 10.1 Å². The Bertz CT molecular complexity index is 561. The van der Waals surface area contributed by atoms with Crippen molar-refractivity contribution in [1.82, 2.24) is 10.2 Å². The molecule has 0 saturated carbocycles. The number of methoxy groups -OCH3 is 1. The molecule has 23 heavy (non-hydrogen) atoms. The van der Waals surface area contributed by atoms with Crippen LogP contribution in [0.4, 0.5) is 4.79 Å². The van der Waals surface area contributed by atoms with Crippen molar-refractivity contribution in [2.24, 2.45) is 0 Å². The number of likely N-dealkylation sites (tertiary alicyclic amines) is 1. The predicted octanol–water partition coefficient (Wildman–Crippen LogP) is 1.08. The molecular weight excluding hydrogens is 300 g/mol. The molecule has 0 spiro atoms. The molecule has 1 heterocycles. The smallest absolute Gasteiger partial charge is 0.407 e. The van der Waals surface area contributed by atoms with Gasteiger partial charge in [0.1, 0.15) is 12.6 Å². The molecular formula is C16H20N2O5. The molecule has 0 bridgehead atoms. The lowest BCUT2D eigenvalue weighted by Crippen LogP contribution is -2.55. The average molecular weight is 320 g/mol. The molecule has 1 atom stereocenters. The Morgan fingerprint density at radius 3 is 2.61 bits per heavy atom. The first-order chi connectivity index (χ1) is 11.1. The Balaban J connectivity index is 1.63. The lowest BCUT2D eigenvalue weighted by molar-refractivity contribution is -0.159. The van der Waals surface area contributed by atoms with Crippen molar-refractivity contribution in [3.05, 3.63) is 35.9 Å². The number of hydrogen-bond acceptors (Lipinski definition) is 5. The maximum absolute atomic E-state index is 11.9. The van der Waals surface area contributed by atoms with Crippen molar-refractivity contribution in [3.63, 3.8) is 0 Å². The molecule has 1 unspecified atom stereocenters. The Labute approximate surface area is 134 Å². The van der Waals surface area contributed by atoms with Gasteiger partial charge in [-0.1, -0.05) is 30.3 Å². The maximum atomic E-state index is 11.9. The summed E-state index contributed by atoms with van der Waals surface area (Å²) in [5, 5.41) is 2.52. The van der Waals surface area contributed by atoms with E-state index in [0.29, 0.717) is 13.0 Å². The molecule has 1 saturated heterocycles. The Morgan fingerprint density at radius 1 is 1.26 bits per heavy atom. The summed E-state index contributed by atoms with van der Waals surface area (Å²) in [7, 11) is 1.30. The fraction of sp³-hybridized carbons (Fsp3) is 0.438. The summed E-state index contributed by atoms with van der Waals surface area (Å²) in [5.41, 5.74) is 0.889. The molecule has 1 N–H and O–H groups in total. The molecule has 2 rings (SSSR count). The van der Waals surface area contributed by atoms with Gasteiger partial charge in [0.25, 0.3) is 0 Å². The number of amides is 2. The number of carbonyl (C=O) groups is 3. The summed E-state index contributed by atoms with van der Waals surface area (Å²) in [5.74, 6) is -0.588. The fourth-order valence-electron chi connectivity index (χ4n) is 2.26. The van der Waals surface area contributed by atoms with Crippen LogP contribution in [0.15, 0.2) is 30.3 Å². The quantitative estimate of drug-likeness (QED) is 0.793. The van der Waals surface area contributed by atoms with Gasteiger partial charge < -0.3 is 19.7 Å². The predicted molar refractivity (Wildman–Crippen MR) is 81.4 cm³/mol. The molecule has 1 aliphatic heterocycles. The summed E-state index contributed by atoms with van der Waals surface area (Å²) < 4.78 is 9.67. The number of benzene rings is 1. The number of alkyl carbamates (subject to hydrolysis) is 1. The minimum absolute atomic E-state index is 0.119. The van der Waals surface area contributed by atoms with Crippen molar-refractivity contribution in [1.29, 1.82) is 0 Å². The van der Waals surface area contributed by atoms with E-state index in [9.17, 15) is 14.4 Å². The van der Waals surface area contributed by atoms with E-state index in [1.165, 1.54) is 12.0 Å². The highest BCUT2D eigenvalue weighted by atomic mass is 16.5. The van der Waals surface area contributed by atoms with Crippen molar-refractivity contribution in [2.75, 3.05) is 20.2 Å². The van der Waals surface area contributed by atoms with Crippen LogP contribution in [0.3, 0.4) is 0 Å². The molecule has 0 aromatic heterocycles. The third-order valence-corrected chi connectivity index (χ3v) is 3.63. The van der Waals surface area contributed by atoms with E-state index in [1.54, 1.807) is 0 Å². The van der Waals surface area contributed by atoms with E-state index >= 15 is 0 Å². The third kappa shape index (κ3) is 4.70. The first-order valence-corrected chi connectivity index (χ1v) is 7.43. The van der Waals surface area contributed by atoms with Gasteiger partial charge in [-0.3, -0.25) is 4.79 Å². The average Bonchev–Trinajstić information content (AvgIpc) is 2.52. The highest BCUT2D eigenvalue weighted by Gasteiger charge is 2.37. The van der Waals surface area contributed by atoms with Gasteiger partial charge in [-0.15, -0.1) is 0 Å². The van der Waals surface area contributed by atoms with Crippen LogP contribution >= 0.6 is 0 Å². The van der Waals surface area contributed by atoms with E-state index in [0.717, 1.165) is 5.56 Å². The highest BCUT2D eigenvalue weighted by Crippen LogP contribution is 2.19. The van der Waals surface area contributed by atoms with Crippen LogP contribution in [0.2, 0.25) is 0 Å². The lowest BCUT2D eigenvalue weighted by atomic mass is 10.0. The first-order valence-electron chi connectivity index (χ1n) is 7.43. The molecule has 1 aromatic rings. The molecule has 7 heteroatoms. The van der Waals surface area contributed by atoms with Gasteiger partial charge in [-0.25, -0.2) is 9.59 Å². The van der Waals surface area contributed by atoms with Crippen molar-refractivity contribution >= 4 is 18.0 Å². The van der Waals surface area contributed by atoms with Gasteiger partial charge >= 0.3 is 12.1 Å². The molecule has 1 fully saturated rings. The number of carbonyl (C=O) groups excluding carboxylic acids is 3. The Morgan fingerprint density at radius 2 is 2.00 bits per heavy atom. The summed E-state index contributed by atoms with van der Waals surface area (Å²) in [4.78, 5) is 36.3. The fourth-order valence-corrected chi connectivity index (χ4v) is 2.26. The normalized spacial score (nSPS) is 16.2. The Hall–Kier alpha value is -2.57. The maximum Gasteiger partial charge on any atom is 0.407 e. The lowest BCUT2D eigenvalue weighted by Gasteiger charge is -2.38. The highest BCUT2D eigenvalue weighted by molar-refractivity contribution is 5.86. The number of nitrogens with one attached hydrogen (secondary N) is 1. The molecule has 124 valence electrons. The van der Waals surface area contributed by atoms with Gasteiger partial charge in [0.15, 0.2) is 0 Å². The van der Waals surface area contributed by atoms with Crippen LogP contribution < -0.4 is 5.32 Å². The standard InChI is InChI=1S/C16H20N2O5/c1-22-15(20)13-8-10-18(13)14(19)7-9-17-16(21)23-11-12-5-3-2-4-6-12/h2-6,13H,7-11H2,1H3,(H,17,21). The molecule has 0 aliphatic carbocycles. The molecule has 2 amide bonds. The number of hydrogen-bond donors (Lipinski definition) is 1. The molecule has 7 nitrogen and oxygen atoms in total. The second-order valence-electron chi connectivity index (χ2n) is 5.15. The third-order valence-electron chi connectivity index (χ3n) is 3.63. The van der Waals surface area contributed by atoms with Gasteiger partial charge in [0.2, 0.25) is 5.91 Å². The van der Waals surface area contributed by atoms with Crippen molar-refractivity contribution in [2.45, 2.75) is 25.5 Å². The summed E-state index contributed by atoms with van der Waals surface area (Å²) in [6.45, 7) is 0.880. The minimum atomic E-state index is -0.574. The van der Waals surface area contributed by atoms with E-state index in [-0.39, 0.29) is 25.5 Å². The van der Waals surface area contributed by atoms with E-state index in [1.807, 2.05) is 30.3 Å². The second-order valence-corrected chi connectivity index (χ2v) is 5.15. The van der Waals surface area contributed by atoms with Crippen LogP contribution in [0.5, 0.6) is 0 Å². The first kappa shape index (κ1) is 16.8. The number of rotatable bonds is 6. The molecule has 0 radical (unpaired) electrons. The summed E-state index contributed by atoms with van der Waals surface area (Å²) in [6, 6.07) is 8.83. The topological polar surface area (TPSA) is 84.9 Å². The van der Waals surface area contributed by atoms with Crippen LogP contribution in [0.1, 0.15) is 18.4 Å². The van der Waals surface area contributed by atoms with E-state index < -0.39 is 18.1 Å². The minimum Gasteiger partial charge on any atom is -0.467 e. The molecule has 1 aliphatic rings. The Kier molecular flexibility index (Phi) is 5.96. The molecule has 1 aromatic carbocycles. The SMILES string of the molecule is COC(=O)C1CCN1C(=O)CCNC(=O)OCc1ccccc1. The zero-order valence-corrected chi connectivity index (χ0v) is 13.0. The van der Waals surface area contributed by atoms with Crippen LogP contribution in [0, 0.1) is 0 Å². The van der Waals surface area contributed by atoms with Crippen LogP contribution in [0.25, 0.3) is 0 Å². The van der Waals surface area contributed by atoms with Gasteiger partial charge in [-0.05, 0) is 12.0 Å². The number of ether oxygens (including phenoxy) is 2. The second kappa shape index (κ2) is 8.17. The van der Waals surface area contributed by atoms with E-state index in [4.69, 9.17) is 4.74 Å². The zero-order chi connectivity index (χ0) is 16.7. The monoisotopic (exact) mass is 320 g/mol. The summed E-state index contributed by atoms with van der Waals surface area (Å²) in [6.07, 6.45) is 0.161. The van der Waals surface area contributed by atoms with Crippen LogP contribution in [-0.4, -0.2) is 49.1 Å². The zero-order valence-electron chi connectivity index (χ0n) is 13.0.